The molecule has 0 aliphatic carbocycles. The highest BCUT2D eigenvalue weighted by Gasteiger charge is 2.27. The van der Waals surface area contributed by atoms with Crippen molar-refractivity contribution in [3.05, 3.63) is 83.2 Å². The Morgan fingerprint density at radius 1 is 1.06 bits per heavy atom. The number of amides is 1. The van der Waals surface area contributed by atoms with E-state index in [9.17, 15) is 9.18 Å². The van der Waals surface area contributed by atoms with E-state index in [-0.39, 0.29) is 17.8 Å². The Labute approximate surface area is 188 Å². The summed E-state index contributed by atoms with van der Waals surface area (Å²) in [6.07, 6.45) is 4.98. The summed E-state index contributed by atoms with van der Waals surface area (Å²) < 4.78 is 13.2. The Kier molecular flexibility index (Phi) is 6.61. The van der Waals surface area contributed by atoms with Crippen molar-refractivity contribution in [1.82, 2.24) is 19.8 Å². The lowest BCUT2D eigenvalue weighted by Crippen LogP contribution is -2.34. The molecule has 2 aromatic carbocycles. The monoisotopic (exact) mass is 432 g/mol. The van der Waals surface area contributed by atoms with Crippen molar-refractivity contribution < 1.29 is 9.18 Å². The fourth-order valence-electron chi connectivity index (χ4n) is 4.25. The quantitative estimate of drug-likeness (QED) is 0.568. The molecule has 6 heteroatoms. The third-order valence-electron chi connectivity index (χ3n) is 6.06. The maximum atomic E-state index is 13.2. The second-order valence-corrected chi connectivity index (χ2v) is 8.61. The van der Waals surface area contributed by atoms with Gasteiger partial charge in [-0.15, -0.1) is 0 Å². The van der Waals surface area contributed by atoms with E-state index < -0.39 is 0 Å². The third-order valence-corrected chi connectivity index (χ3v) is 6.06. The summed E-state index contributed by atoms with van der Waals surface area (Å²) in [5.41, 5.74) is 4.58. The normalized spacial score (nSPS) is 16.7. The number of rotatable bonds is 5. The van der Waals surface area contributed by atoms with Crippen LogP contribution >= 0.6 is 0 Å². The average Bonchev–Trinajstić information content (AvgIpc) is 2.80. The van der Waals surface area contributed by atoms with Gasteiger partial charge in [0.2, 0.25) is 0 Å². The van der Waals surface area contributed by atoms with Gasteiger partial charge < -0.3 is 4.90 Å². The number of aryl methyl sites for hydroxylation is 1. The maximum absolute atomic E-state index is 13.2. The maximum Gasteiger partial charge on any atom is 0.256 e. The minimum atomic E-state index is -0.224. The molecule has 1 atom stereocenters. The van der Waals surface area contributed by atoms with Gasteiger partial charge in [-0.25, -0.2) is 14.4 Å². The van der Waals surface area contributed by atoms with Gasteiger partial charge in [0.05, 0.1) is 17.3 Å². The van der Waals surface area contributed by atoms with E-state index in [0.717, 1.165) is 55.0 Å². The molecular weight excluding hydrogens is 403 g/mol. The third kappa shape index (κ3) is 4.86. The van der Waals surface area contributed by atoms with Crippen LogP contribution in [0.1, 0.15) is 52.7 Å². The number of aromatic nitrogens is 2. The topological polar surface area (TPSA) is 49.3 Å². The van der Waals surface area contributed by atoms with Crippen LogP contribution in [0.25, 0.3) is 11.1 Å². The molecule has 1 aliphatic rings. The zero-order valence-electron chi connectivity index (χ0n) is 18.9. The minimum absolute atomic E-state index is 0.0733. The highest BCUT2D eigenvalue weighted by Crippen LogP contribution is 2.31. The number of hydrogen-bond acceptors (Lipinski definition) is 4. The van der Waals surface area contributed by atoms with Gasteiger partial charge >= 0.3 is 0 Å². The molecule has 0 radical (unpaired) electrons. The van der Waals surface area contributed by atoms with Crippen molar-refractivity contribution >= 4 is 5.91 Å². The number of halogens is 1. The fourth-order valence-corrected chi connectivity index (χ4v) is 4.25. The second-order valence-electron chi connectivity index (χ2n) is 8.61. The number of likely N-dealkylation sites (tertiary alicyclic amines) is 1. The molecular formula is C26H29FN4O. The SMILES string of the molecule is Cc1nc([C@@H]2CCCCN2Cc2ccc(-c3ccc(F)cc3)cc2)ncc1C(=O)N(C)C. The predicted molar refractivity (Wildman–Crippen MR) is 124 cm³/mol. The number of benzene rings is 2. The molecule has 1 aliphatic heterocycles. The molecule has 0 N–H and O–H groups in total. The fraction of sp³-hybridized carbons (Fsp3) is 0.346. The van der Waals surface area contributed by atoms with Gasteiger partial charge in [0.1, 0.15) is 11.6 Å². The van der Waals surface area contributed by atoms with Crippen LogP contribution < -0.4 is 0 Å². The molecule has 0 bridgehead atoms. The number of piperidine rings is 1. The summed E-state index contributed by atoms with van der Waals surface area (Å²) in [7, 11) is 3.47. The second kappa shape index (κ2) is 9.57. The summed E-state index contributed by atoms with van der Waals surface area (Å²) in [4.78, 5) is 25.6. The zero-order valence-corrected chi connectivity index (χ0v) is 18.9. The summed E-state index contributed by atoms with van der Waals surface area (Å²) in [6, 6.07) is 15.2. The van der Waals surface area contributed by atoms with E-state index in [1.54, 1.807) is 37.3 Å². The van der Waals surface area contributed by atoms with E-state index in [2.05, 4.69) is 34.1 Å². The first-order chi connectivity index (χ1) is 15.4. The highest BCUT2D eigenvalue weighted by molar-refractivity contribution is 5.94. The molecule has 4 rings (SSSR count). The van der Waals surface area contributed by atoms with Crippen LogP contribution in [0.3, 0.4) is 0 Å². The smallest absolute Gasteiger partial charge is 0.256 e. The zero-order chi connectivity index (χ0) is 22.7. The van der Waals surface area contributed by atoms with E-state index in [4.69, 9.17) is 4.98 Å². The summed E-state index contributed by atoms with van der Waals surface area (Å²) in [6.45, 7) is 3.68. The molecule has 166 valence electrons. The molecule has 1 fully saturated rings. The summed E-state index contributed by atoms with van der Waals surface area (Å²) in [5, 5.41) is 0. The van der Waals surface area contributed by atoms with Crippen molar-refractivity contribution in [1.29, 1.82) is 0 Å². The first-order valence-electron chi connectivity index (χ1n) is 11.1. The number of nitrogens with zero attached hydrogens (tertiary/aromatic N) is 4. The molecule has 0 spiro atoms. The number of carbonyl (C=O) groups is 1. The molecule has 1 aromatic heterocycles. The van der Waals surface area contributed by atoms with Gasteiger partial charge in [0.15, 0.2) is 0 Å². The lowest BCUT2D eigenvalue weighted by molar-refractivity contribution is 0.0825. The Bertz CT molecular complexity index is 1080. The molecule has 2 heterocycles. The van der Waals surface area contributed by atoms with Crippen molar-refractivity contribution in [3.63, 3.8) is 0 Å². The van der Waals surface area contributed by atoms with Crippen molar-refractivity contribution in [3.8, 4) is 11.1 Å². The van der Waals surface area contributed by atoms with E-state index in [1.807, 2.05) is 6.92 Å². The Morgan fingerprint density at radius 2 is 1.72 bits per heavy atom. The van der Waals surface area contributed by atoms with Gasteiger partial charge in [-0.2, -0.15) is 0 Å². The van der Waals surface area contributed by atoms with Crippen molar-refractivity contribution in [2.24, 2.45) is 0 Å². The molecule has 5 nitrogen and oxygen atoms in total. The molecule has 32 heavy (non-hydrogen) atoms. The van der Waals surface area contributed by atoms with E-state index in [0.29, 0.717) is 5.56 Å². The molecule has 0 unspecified atom stereocenters. The Hall–Kier alpha value is -3.12. The van der Waals surface area contributed by atoms with Gasteiger partial charge in [0, 0.05) is 26.8 Å². The van der Waals surface area contributed by atoms with Crippen LogP contribution in [0, 0.1) is 12.7 Å². The molecule has 1 amide bonds. The van der Waals surface area contributed by atoms with Crippen LogP contribution in [0.2, 0.25) is 0 Å². The largest absolute Gasteiger partial charge is 0.345 e. The van der Waals surface area contributed by atoms with Crippen molar-refractivity contribution in [2.45, 2.75) is 38.8 Å². The lowest BCUT2D eigenvalue weighted by Gasteiger charge is -2.35. The van der Waals surface area contributed by atoms with Gasteiger partial charge in [0.25, 0.3) is 5.91 Å². The first kappa shape index (κ1) is 22.1. The molecule has 1 saturated heterocycles. The highest BCUT2D eigenvalue weighted by atomic mass is 19.1. The van der Waals surface area contributed by atoms with Crippen LogP contribution in [-0.2, 0) is 6.54 Å². The molecule has 3 aromatic rings. The van der Waals surface area contributed by atoms with Crippen LogP contribution in [-0.4, -0.2) is 46.3 Å². The van der Waals surface area contributed by atoms with Gasteiger partial charge in [-0.3, -0.25) is 9.69 Å². The minimum Gasteiger partial charge on any atom is -0.345 e. The van der Waals surface area contributed by atoms with E-state index in [1.165, 1.54) is 17.7 Å². The lowest BCUT2D eigenvalue weighted by atomic mass is 9.99. The summed E-state index contributed by atoms with van der Waals surface area (Å²) in [5.74, 6) is 0.495. The van der Waals surface area contributed by atoms with Crippen molar-refractivity contribution in [2.75, 3.05) is 20.6 Å². The Morgan fingerprint density at radius 3 is 2.34 bits per heavy atom. The predicted octanol–water partition coefficient (Wildman–Crippen LogP) is 5.02. The van der Waals surface area contributed by atoms with Crippen LogP contribution in [0.4, 0.5) is 4.39 Å². The summed E-state index contributed by atoms with van der Waals surface area (Å²) >= 11 is 0. The van der Waals surface area contributed by atoms with Gasteiger partial charge in [-0.05, 0) is 55.1 Å². The number of carbonyl (C=O) groups excluding carboxylic acids is 1. The first-order valence-corrected chi connectivity index (χ1v) is 11.1. The van der Waals surface area contributed by atoms with Crippen LogP contribution in [0.5, 0.6) is 0 Å². The standard InChI is InChI=1S/C26H29FN4O/c1-18-23(26(32)30(2)3)16-28-25(29-18)24-6-4-5-15-31(24)17-19-7-9-20(10-8-19)21-11-13-22(27)14-12-21/h7-14,16,24H,4-6,15,17H2,1-3H3/t24-/m0/s1. The average molecular weight is 433 g/mol. The Balaban J connectivity index is 1.51. The number of hydrogen-bond donors (Lipinski definition) is 0. The van der Waals surface area contributed by atoms with Gasteiger partial charge in [-0.1, -0.05) is 42.8 Å². The van der Waals surface area contributed by atoms with E-state index >= 15 is 0 Å². The van der Waals surface area contributed by atoms with Crippen LogP contribution in [0.15, 0.2) is 54.7 Å². The molecule has 0 saturated carbocycles.